The molecule has 3 rings (SSSR count). The minimum absolute atomic E-state index is 0.843. The Morgan fingerprint density at radius 2 is 1.84 bits per heavy atom. The van der Waals surface area contributed by atoms with Crippen LogP contribution >= 0.6 is 0 Å². The number of rotatable bonds is 2. The predicted octanol–water partition coefficient (Wildman–Crippen LogP) is 2.84. The lowest BCUT2D eigenvalue weighted by Crippen LogP contribution is -2.30. The predicted molar refractivity (Wildman–Crippen MR) is 78.6 cm³/mol. The summed E-state index contributed by atoms with van der Waals surface area (Å²) in [5, 5.41) is 0. The third-order valence-corrected chi connectivity index (χ3v) is 3.68. The zero-order valence-corrected chi connectivity index (χ0v) is 11.1. The molecule has 0 aromatic heterocycles. The highest BCUT2D eigenvalue weighted by Gasteiger charge is 2.16. The van der Waals surface area contributed by atoms with Gasteiger partial charge in [-0.05, 0) is 53.9 Å². The van der Waals surface area contributed by atoms with E-state index in [2.05, 4.69) is 29.2 Å². The number of anilines is 2. The lowest BCUT2D eigenvalue weighted by Gasteiger charge is -2.31. The number of ether oxygens (including phenoxy) is 1. The summed E-state index contributed by atoms with van der Waals surface area (Å²) >= 11 is 0. The fourth-order valence-electron chi connectivity index (χ4n) is 2.59. The van der Waals surface area contributed by atoms with Crippen LogP contribution in [-0.4, -0.2) is 13.7 Å². The molecule has 2 aromatic rings. The molecular formula is C16H18N2O. The van der Waals surface area contributed by atoms with Gasteiger partial charge in [-0.25, -0.2) is 0 Å². The molecule has 0 saturated carbocycles. The lowest BCUT2D eigenvalue weighted by atomic mass is 9.98. The first-order valence-corrected chi connectivity index (χ1v) is 6.52. The summed E-state index contributed by atoms with van der Waals surface area (Å²) in [5.41, 5.74) is 10.7. The van der Waals surface area contributed by atoms with Gasteiger partial charge in [0.25, 0.3) is 0 Å². The highest BCUT2D eigenvalue weighted by molar-refractivity contribution is 5.53. The molecule has 0 radical (unpaired) electrons. The van der Waals surface area contributed by atoms with Gasteiger partial charge >= 0.3 is 0 Å². The average molecular weight is 254 g/mol. The van der Waals surface area contributed by atoms with Crippen LogP contribution in [0.2, 0.25) is 0 Å². The highest BCUT2D eigenvalue weighted by atomic mass is 16.5. The largest absolute Gasteiger partial charge is 0.497 e. The molecule has 0 amide bonds. The Balaban J connectivity index is 1.84. The van der Waals surface area contributed by atoms with E-state index in [1.54, 1.807) is 7.11 Å². The molecule has 19 heavy (non-hydrogen) atoms. The van der Waals surface area contributed by atoms with Crippen molar-refractivity contribution in [2.24, 2.45) is 0 Å². The summed E-state index contributed by atoms with van der Waals surface area (Å²) in [4.78, 5) is 2.38. The first kappa shape index (κ1) is 11.9. The molecule has 1 aliphatic heterocycles. The van der Waals surface area contributed by atoms with E-state index in [1.165, 1.54) is 16.8 Å². The van der Waals surface area contributed by atoms with Crippen LogP contribution in [0.4, 0.5) is 11.4 Å². The smallest absolute Gasteiger partial charge is 0.119 e. The van der Waals surface area contributed by atoms with Crippen LogP contribution in [-0.2, 0) is 13.0 Å². The van der Waals surface area contributed by atoms with Crippen molar-refractivity contribution >= 4 is 11.4 Å². The van der Waals surface area contributed by atoms with Crippen LogP contribution in [0.25, 0.3) is 0 Å². The van der Waals surface area contributed by atoms with E-state index in [-0.39, 0.29) is 0 Å². The molecule has 3 heteroatoms. The number of hydrogen-bond acceptors (Lipinski definition) is 3. The summed E-state index contributed by atoms with van der Waals surface area (Å²) in [7, 11) is 1.69. The monoisotopic (exact) mass is 254 g/mol. The van der Waals surface area contributed by atoms with Crippen molar-refractivity contribution in [3.05, 3.63) is 53.6 Å². The van der Waals surface area contributed by atoms with Crippen LogP contribution in [0.15, 0.2) is 42.5 Å². The van der Waals surface area contributed by atoms with E-state index in [9.17, 15) is 0 Å². The van der Waals surface area contributed by atoms with Gasteiger partial charge in [-0.3, -0.25) is 0 Å². The summed E-state index contributed by atoms with van der Waals surface area (Å²) in [5.74, 6) is 0.894. The molecule has 0 atom stereocenters. The molecule has 0 aliphatic carbocycles. The molecule has 2 aromatic carbocycles. The molecule has 1 heterocycles. The van der Waals surface area contributed by atoms with Crippen molar-refractivity contribution in [1.82, 2.24) is 0 Å². The number of fused-ring (bicyclic) bond motifs is 1. The number of benzene rings is 2. The van der Waals surface area contributed by atoms with E-state index in [4.69, 9.17) is 10.5 Å². The van der Waals surface area contributed by atoms with Crippen LogP contribution in [0, 0.1) is 0 Å². The molecule has 2 N–H and O–H groups in total. The second kappa shape index (κ2) is 4.84. The maximum atomic E-state index is 5.87. The third-order valence-electron chi connectivity index (χ3n) is 3.68. The van der Waals surface area contributed by atoms with E-state index in [0.717, 1.165) is 30.9 Å². The second-order valence-electron chi connectivity index (χ2n) is 4.90. The number of methoxy groups -OCH3 is 1. The van der Waals surface area contributed by atoms with Gasteiger partial charge in [0, 0.05) is 24.5 Å². The van der Waals surface area contributed by atoms with E-state index < -0.39 is 0 Å². The van der Waals surface area contributed by atoms with E-state index in [0.29, 0.717) is 0 Å². The fraction of sp³-hybridized carbons (Fsp3) is 0.250. The molecular weight excluding hydrogens is 236 g/mol. The van der Waals surface area contributed by atoms with Gasteiger partial charge in [0.2, 0.25) is 0 Å². The maximum Gasteiger partial charge on any atom is 0.119 e. The number of hydrogen-bond donors (Lipinski definition) is 1. The Morgan fingerprint density at radius 3 is 2.58 bits per heavy atom. The van der Waals surface area contributed by atoms with Crippen LogP contribution in [0.5, 0.6) is 5.75 Å². The lowest BCUT2D eigenvalue weighted by molar-refractivity contribution is 0.415. The average Bonchev–Trinajstić information content (AvgIpc) is 2.46. The number of nitrogens with zero attached hydrogens (tertiary/aromatic N) is 1. The standard InChI is InChI=1S/C16H18N2O/c1-19-16-6-4-15(5-7-16)18-9-8-12-2-3-14(17)10-13(12)11-18/h2-7,10H,8-9,11,17H2,1H3. The second-order valence-corrected chi connectivity index (χ2v) is 4.90. The fourth-order valence-corrected chi connectivity index (χ4v) is 2.59. The van der Waals surface area contributed by atoms with Crippen molar-refractivity contribution in [2.45, 2.75) is 13.0 Å². The highest BCUT2D eigenvalue weighted by Crippen LogP contribution is 2.27. The molecule has 0 fully saturated rings. The van der Waals surface area contributed by atoms with Gasteiger partial charge in [0.1, 0.15) is 5.75 Å². The topological polar surface area (TPSA) is 38.5 Å². The Labute approximate surface area is 113 Å². The molecule has 1 aliphatic rings. The molecule has 0 saturated heterocycles. The van der Waals surface area contributed by atoms with Crippen LogP contribution in [0.1, 0.15) is 11.1 Å². The van der Waals surface area contributed by atoms with Gasteiger partial charge < -0.3 is 15.4 Å². The van der Waals surface area contributed by atoms with Gasteiger partial charge in [0.05, 0.1) is 7.11 Å². The normalized spacial score (nSPS) is 14.1. The first-order valence-electron chi connectivity index (χ1n) is 6.52. The molecule has 0 unspecified atom stereocenters. The SMILES string of the molecule is COc1ccc(N2CCc3ccc(N)cc3C2)cc1. The quantitative estimate of drug-likeness (QED) is 0.837. The summed E-state index contributed by atoms with van der Waals surface area (Å²) in [6.07, 6.45) is 1.07. The Morgan fingerprint density at radius 1 is 1.05 bits per heavy atom. The first-order chi connectivity index (χ1) is 9.26. The Hall–Kier alpha value is -2.16. The van der Waals surface area contributed by atoms with Gasteiger partial charge in [-0.2, -0.15) is 0 Å². The summed E-state index contributed by atoms with van der Waals surface area (Å²) in [6.45, 7) is 1.97. The van der Waals surface area contributed by atoms with Crippen LogP contribution < -0.4 is 15.4 Å². The van der Waals surface area contributed by atoms with Gasteiger partial charge in [0.15, 0.2) is 0 Å². The maximum absolute atomic E-state index is 5.87. The zero-order valence-electron chi connectivity index (χ0n) is 11.1. The molecule has 0 spiro atoms. The third kappa shape index (κ3) is 2.36. The van der Waals surface area contributed by atoms with Crippen LogP contribution in [0.3, 0.4) is 0 Å². The Kier molecular flexibility index (Phi) is 3.03. The van der Waals surface area contributed by atoms with E-state index >= 15 is 0 Å². The Bertz CT molecular complexity index is 578. The minimum Gasteiger partial charge on any atom is -0.497 e. The molecule has 3 nitrogen and oxygen atoms in total. The van der Waals surface area contributed by atoms with Gasteiger partial charge in [-0.1, -0.05) is 6.07 Å². The molecule has 98 valence electrons. The minimum atomic E-state index is 0.843. The van der Waals surface area contributed by atoms with Crippen molar-refractivity contribution < 1.29 is 4.74 Å². The molecule has 0 bridgehead atoms. The van der Waals surface area contributed by atoms with Crippen molar-refractivity contribution in [3.63, 3.8) is 0 Å². The van der Waals surface area contributed by atoms with Crippen molar-refractivity contribution in [3.8, 4) is 5.75 Å². The van der Waals surface area contributed by atoms with Gasteiger partial charge in [-0.15, -0.1) is 0 Å². The number of nitrogen functional groups attached to an aromatic ring is 1. The number of nitrogens with two attached hydrogens (primary N) is 1. The van der Waals surface area contributed by atoms with Crippen molar-refractivity contribution in [1.29, 1.82) is 0 Å². The summed E-state index contributed by atoms with van der Waals surface area (Å²) < 4.78 is 5.19. The zero-order chi connectivity index (χ0) is 13.2. The summed E-state index contributed by atoms with van der Waals surface area (Å²) in [6, 6.07) is 14.4. The van der Waals surface area contributed by atoms with E-state index in [1.807, 2.05) is 18.2 Å². The van der Waals surface area contributed by atoms with Crippen molar-refractivity contribution in [2.75, 3.05) is 24.3 Å².